The smallest absolute Gasteiger partial charge is 0.270 e. The van der Waals surface area contributed by atoms with Crippen LogP contribution in [0, 0.1) is 5.82 Å². The van der Waals surface area contributed by atoms with E-state index in [1.807, 2.05) is 66.0 Å². The van der Waals surface area contributed by atoms with Crippen LogP contribution in [0.2, 0.25) is 5.02 Å². The molecule has 0 aliphatic heterocycles. The Morgan fingerprint density at radius 3 is 1.95 bits per heavy atom. The Kier molecular flexibility index (Phi) is 9.91. The van der Waals surface area contributed by atoms with E-state index in [-0.39, 0.29) is 17.6 Å². The number of aromatic nitrogens is 1. The molecule has 0 saturated carbocycles. The van der Waals surface area contributed by atoms with Gasteiger partial charge in [-0.05, 0) is 52.9 Å². The number of thiazole rings is 1. The summed E-state index contributed by atoms with van der Waals surface area (Å²) >= 11 is 7.55. The van der Waals surface area contributed by atoms with E-state index in [9.17, 15) is 9.18 Å². The van der Waals surface area contributed by atoms with Crippen molar-refractivity contribution in [3.63, 3.8) is 0 Å². The molecule has 1 N–H and O–H groups in total. The molecule has 4 nitrogen and oxygen atoms in total. The van der Waals surface area contributed by atoms with Crippen LogP contribution >= 0.6 is 22.9 Å². The van der Waals surface area contributed by atoms with Crippen molar-refractivity contribution in [2.75, 3.05) is 6.54 Å². The first-order chi connectivity index (χ1) is 20.0. The number of halogens is 2. The molecule has 0 fully saturated rings. The SMILES string of the molecule is O=C(NCCC(c1ccccc1)c1ccccc1)c1csc(CN(Cc2ccc(F)cc2)Cc2ccc(Cl)cc2)n1. The van der Waals surface area contributed by atoms with Crippen molar-refractivity contribution >= 4 is 28.8 Å². The monoisotopic (exact) mass is 583 g/mol. The van der Waals surface area contributed by atoms with Crippen molar-refractivity contribution in [2.24, 2.45) is 0 Å². The first kappa shape index (κ1) is 28.7. The normalized spacial score (nSPS) is 11.2. The van der Waals surface area contributed by atoms with Crippen LogP contribution in [0.4, 0.5) is 4.39 Å². The standard InChI is InChI=1S/C34H31ClFN3OS/c35-29-15-11-25(12-16-29)21-39(22-26-13-17-30(36)18-14-26)23-33-38-32(24-41-33)34(40)37-20-19-31(27-7-3-1-4-8-27)28-9-5-2-6-10-28/h1-18,24,31H,19-23H2,(H,37,40). The zero-order chi connectivity index (χ0) is 28.4. The predicted octanol–water partition coefficient (Wildman–Crippen LogP) is 8.09. The molecule has 7 heteroatoms. The average molecular weight is 584 g/mol. The van der Waals surface area contributed by atoms with Crippen LogP contribution in [0.15, 0.2) is 115 Å². The number of hydrogen-bond acceptors (Lipinski definition) is 4. The van der Waals surface area contributed by atoms with E-state index >= 15 is 0 Å². The summed E-state index contributed by atoms with van der Waals surface area (Å²) in [5.74, 6) is -0.237. The van der Waals surface area contributed by atoms with E-state index in [0.717, 1.165) is 22.6 Å². The van der Waals surface area contributed by atoms with E-state index in [0.29, 0.717) is 36.9 Å². The van der Waals surface area contributed by atoms with Crippen LogP contribution in [0.5, 0.6) is 0 Å². The predicted molar refractivity (Wildman–Crippen MR) is 165 cm³/mol. The van der Waals surface area contributed by atoms with Crippen LogP contribution in [0.1, 0.15) is 50.1 Å². The molecule has 1 heterocycles. The Morgan fingerprint density at radius 2 is 1.37 bits per heavy atom. The van der Waals surface area contributed by atoms with Gasteiger partial charge in [-0.2, -0.15) is 0 Å². The molecule has 0 saturated heterocycles. The number of rotatable bonds is 12. The maximum Gasteiger partial charge on any atom is 0.270 e. The summed E-state index contributed by atoms with van der Waals surface area (Å²) in [4.78, 5) is 19.9. The lowest BCUT2D eigenvalue weighted by Crippen LogP contribution is -2.26. The van der Waals surface area contributed by atoms with Crippen molar-refractivity contribution in [1.82, 2.24) is 15.2 Å². The van der Waals surface area contributed by atoms with Gasteiger partial charge in [-0.1, -0.05) is 96.5 Å². The number of carbonyl (C=O) groups excluding carboxylic acids is 1. The van der Waals surface area contributed by atoms with Crippen molar-refractivity contribution in [1.29, 1.82) is 0 Å². The molecule has 0 bridgehead atoms. The molecule has 5 rings (SSSR count). The molecule has 4 aromatic carbocycles. The van der Waals surface area contributed by atoms with Crippen LogP contribution in [-0.2, 0) is 19.6 Å². The number of carbonyl (C=O) groups is 1. The van der Waals surface area contributed by atoms with Gasteiger partial charge in [0, 0.05) is 36.0 Å². The molecule has 0 spiro atoms. The van der Waals surface area contributed by atoms with Crippen LogP contribution in [0.25, 0.3) is 0 Å². The fourth-order valence-electron chi connectivity index (χ4n) is 4.86. The van der Waals surface area contributed by atoms with Gasteiger partial charge in [0.15, 0.2) is 0 Å². The van der Waals surface area contributed by atoms with Gasteiger partial charge in [0.1, 0.15) is 16.5 Å². The summed E-state index contributed by atoms with van der Waals surface area (Å²) < 4.78 is 13.5. The highest BCUT2D eigenvalue weighted by molar-refractivity contribution is 7.09. The molecule has 0 aliphatic carbocycles. The third-order valence-electron chi connectivity index (χ3n) is 6.90. The molecule has 1 aromatic heterocycles. The zero-order valence-electron chi connectivity index (χ0n) is 22.5. The minimum absolute atomic E-state index is 0.171. The van der Waals surface area contributed by atoms with Crippen molar-refractivity contribution in [3.8, 4) is 0 Å². The topological polar surface area (TPSA) is 45.2 Å². The van der Waals surface area contributed by atoms with Crippen LogP contribution in [0.3, 0.4) is 0 Å². The highest BCUT2D eigenvalue weighted by atomic mass is 35.5. The quantitative estimate of drug-likeness (QED) is 0.161. The number of nitrogens with zero attached hydrogens (tertiary/aromatic N) is 2. The molecule has 5 aromatic rings. The molecule has 0 atom stereocenters. The van der Waals surface area contributed by atoms with Gasteiger partial charge < -0.3 is 5.32 Å². The van der Waals surface area contributed by atoms with Gasteiger partial charge in [-0.3, -0.25) is 9.69 Å². The second kappa shape index (κ2) is 14.2. The Hall–Kier alpha value is -3.84. The fourth-order valence-corrected chi connectivity index (χ4v) is 5.80. The number of benzene rings is 4. The van der Waals surface area contributed by atoms with Crippen LogP contribution < -0.4 is 5.32 Å². The van der Waals surface area contributed by atoms with E-state index in [1.165, 1.54) is 34.6 Å². The van der Waals surface area contributed by atoms with E-state index in [2.05, 4.69) is 39.5 Å². The summed E-state index contributed by atoms with van der Waals surface area (Å²) in [6.45, 7) is 2.37. The van der Waals surface area contributed by atoms with Gasteiger partial charge in [0.05, 0.1) is 6.54 Å². The molecule has 0 aliphatic rings. The minimum atomic E-state index is -0.257. The minimum Gasteiger partial charge on any atom is -0.351 e. The van der Waals surface area contributed by atoms with Gasteiger partial charge in [0.25, 0.3) is 5.91 Å². The highest BCUT2D eigenvalue weighted by Crippen LogP contribution is 2.27. The molecule has 208 valence electrons. The van der Waals surface area contributed by atoms with Crippen LogP contribution in [-0.4, -0.2) is 22.3 Å². The summed E-state index contributed by atoms with van der Waals surface area (Å²) in [7, 11) is 0. The number of amides is 1. The molecule has 1 amide bonds. The Balaban J connectivity index is 1.22. The number of hydrogen-bond donors (Lipinski definition) is 1. The third kappa shape index (κ3) is 8.33. The van der Waals surface area contributed by atoms with E-state index in [1.54, 1.807) is 12.1 Å². The van der Waals surface area contributed by atoms with Crippen molar-refractivity contribution in [2.45, 2.75) is 32.0 Å². The van der Waals surface area contributed by atoms with Gasteiger partial charge >= 0.3 is 0 Å². The Bertz CT molecular complexity index is 1440. The molecular weight excluding hydrogens is 553 g/mol. The average Bonchev–Trinajstić information content (AvgIpc) is 3.47. The van der Waals surface area contributed by atoms with E-state index in [4.69, 9.17) is 11.6 Å². The lowest BCUT2D eigenvalue weighted by molar-refractivity contribution is 0.0948. The lowest BCUT2D eigenvalue weighted by Gasteiger charge is -2.21. The van der Waals surface area contributed by atoms with Crippen molar-refractivity contribution < 1.29 is 9.18 Å². The van der Waals surface area contributed by atoms with Gasteiger partial charge in [0.2, 0.25) is 0 Å². The highest BCUT2D eigenvalue weighted by Gasteiger charge is 2.17. The largest absolute Gasteiger partial charge is 0.351 e. The van der Waals surface area contributed by atoms with Gasteiger partial charge in [-0.15, -0.1) is 11.3 Å². The molecule has 41 heavy (non-hydrogen) atoms. The third-order valence-corrected chi connectivity index (χ3v) is 7.99. The molecule has 0 unspecified atom stereocenters. The summed E-state index contributed by atoms with van der Waals surface area (Å²) in [6.07, 6.45) is 0.781. The van der Waals surface area contributed by atoms with Crippen molar-refractivity contribution in [3.05, 3.63) is 158 Å². The lowest BCUT2D eigenvalue weighted by atomic mass is 9.88. The molecule has 0 radical (unpaired) electrons. The summed E-state index contributed by atoms with van der Waals surface area (Å²) in [5, 5.41) is 6.42. The zero-order valence-corrected chi connectivity index (χ0v) is 24.1. The van der Waals surface area contributed by atoms with Gasteiger partial charge in [-0.25, -0.2) is 9.37 Å². The summed E-state index contributed by atoms with van der Waals surface area (Å²) in [6, 6.07) is 35.0. The second-order valence-corrected chi connectivity index (χ2v) is 11.3. The number of nitrogens with one attached hydrogen (secondary N) is 1. The fraction of sp³-hybridized carbons (Fsp3) is 0.176. The van der Waals surface area contributed by atoms with E-state index < -0.39 is 0 Å². The summed E-state index contributed by atoms with van der Waals surface area (Å²) in [5.41, 5.74) is 4.99. The maximum atomic E-state index is 13.5. The maximum absolute atomic E-state index is 13.5. The Morgan fingerprint density at radius 1 is 0.805 bits per heavy atom. The second-order valence-electron chi connectivity index (χ2n) is 9.94. The first-order valence-electron chi connectivity index (χ1n) is 13.6. The first-order valence-corrected chi connectivity index (χ1v) is 14.8. The molecular formula is C34H31ClFN3OS. The Labute approximate surface area is 249 Å².